The summed E-state index contributed by atoms with van der Waals surface area (Å²) in [5, 5.41) is 0. The number of methoxy groups -OCH3 is 1. The molecule has 0 spiro atoms. The normalized spacial score (nSPS) is 12.6. The molecule has 0 amide bonds. The van der Waals surface area contributed by atoms with E-state index in [-0.39, 0.29) is 10.8 Å². The van der Waals surface area contributed by atoms with Gasteiger partial charge in [-0.3, -0.25) is 0 Å². The highest BCUT2D eigenvalue weighted by molar-refractivity contribution is 9.10. The molecule has 1 atom stereocenters. The van der Waals surface area contributed by atoms with E-state index in [1.165, 1.54) is 7.11 Å². The number of furan rings is 1. The van der Waals surface area contributed by atoms with Crippen LogP contribution in [0.1, 0.15) is 34.3 Å². The zero-order valence-corrected chi connectivity index (χ0v) is 11.0. The largest absolute Gasteiger partial charge is 0.465 e. The van der Waals surface area contributed by atoms with Crippen LogP contribution in [0.2, 0.25) is 0 Å². The van der Waals surface area contributed by atoms with Crippen molar-refractivity contribution in [3.63, 3.8) is 0 Å². The monoisotopic (exact) mass is 324 g/mol. The third-order valence-electron chi connectivity index (χ3n) is 1.78. The first-order chi connectivity index (χ1) is 6.60. The molecule has 14 heavy (non-hydrogen) atoms. The molecule has 0 saturated heterocycles. The topological polar surface area (TPSA) is 39.4 Å². The minimum atomic E-state index is -0.382. The van der Waals surface area contributed by atoms with Gasteiger partial charge in [-0.15, -0.1) is 0 Å². The first kappa shape index (κ1) is 11.8. The van der Waals surface area contributed by atoms with Crippen LogP contribution in [0.4, 0.5) is 0 Å². The van der Waals surface area contributed by atoms with Gasteiger partial charge in [-0.1, -0.05) is 22.9 Å². The lowest BCUT2D eigenvalue weighted by molar-refractivity contribution is 0.0598. The standard InChI is InChI=1S/C9H10Br2O3/c1-3-6(10)8-5(9(12)13-2)4-7(11)14-8/h4,6H,3H2,1-2H3. The van der Waals surface area contributed by atoms with Gasteiger partial charge < -0.3 is 9.15 Å². The summed E-state index contributed by atoms with van der Waals surface area (Å²) in [5.74, 6) is 0.221. The number of esters is 1. The fourth-order valence-electron chi connectivity index (χ4n) is 1.06. The summed E-state index contributed by atoms with van der Waals surface area (Å²) in [4.78, 5) is 11.4. The summed E-state index contributed by atoms with van der Waals surface area (Å²) in [6, 6.07) is 1.62. The molecule has 0 bridgehead atoms. The van der Waals surface area contributed by atoms with Crippen molar-refractivity contribution in [3.05, 3.63) is 22.1 Å². The van der Waals surface area contributed by atoms with Crippen molar-refractivity contribution >= 4 is 37.8 Å². The van der Waals surface area contributed by atoms with Crippen molar-refractivity contribution in [1.82, 2.24) is 0 Å². The second kappa shape index (κ2) is 4.98. The van der Waals surface area contributed by atoms with Gasteiger partial charge in [0, 0.05) is 6.07 Å². The second-order valence-corrected chi connectivity index (χ2v) is 4.58. The molecule has 1 rings (SSSR count). The molecular formula is C9H10Br2O3. The molecule has 0 aliphatic rings. The molecule has 78 valence electrons. The third kappa shape index (κ3) is 2.39. The molecule has 0 saturated carbocycles. The zero-order chi connectivity index (χ0) is 10.7. The molecule has 1 unspecified atom stereocenters. The number of carbonyl (C=O) groups is 1. The van der Waals surface area contributed by atoms with Gasteiger partial charge in [-0.2, -0.15) is 0 Å². The molecule has 0 aliphatic heterocycles. The van der Waals surface area contributed by atoms with E-state index < -0.39 is 0 Å². The van der Waals surface area contributed by atoms with Crippen molar-refractivity contribution in [2.75, 3.05) is 7.11 Å². The third-order valence-corrected chi connectivity index (χ3v) is 3.23. The zero-order valence-electron chi connectivity index (χ0n) is 7.84. The number of rotatable bonds is 3. The highest BCUT2D eigenvalue weighted by atomic mass is 79.9. The number of ether oxygens (including phenoxy) is 1. The van der Waals surface area contributed by atoms with Crippen molar-refractivity contribution in [3.8, 4) is 0 Å². The highest BCUT2D eigenvalue weighted by Crippen LogP contribution is 2.33. The Kier molecular flexibility index (Phi) is 4.19. The van der Waals surface area contributed by atoms with E-state index in [2.05, 4.69) is 36.6 Å². The van der Waals surface area contributed by atoms with Crippen LogP contribution in [0.25, 0.3) is 0 Å². The first-order valence-electron chi connectivity index (χ1n) is 4.11. The number of carbonyl (C=O) groups excluding carboxylic acids is 1. The molecule has 0 aliphatic carbocycles. The maximum absolute atomic E-state index is 11.3. The molecule has 0 fully saturated rings. The van der Waals surface area contributed by atoms with Crippen molar-refractivity contribution < 1.29 is 13.9 Å². The van der Waals surface area contributed by atoms with Crippen molar-refractivity contribution in [2.24, 2.45) is 0 Å². The van der Waals surface area contributed by atoms with E-state index in [1.807, 2.05) is 6.92 Å². The van der Waals surface area contributed by atoms with Gasteiger partial charge in [0.25, 0.3) is 0 Å². The quantitative estimate of drug-likeness (QED) is 0.628. The Morgan fingerprint density at radius 1 is 1.71 bits per heavy atom. The van der Waals surface area contributed by atoms with E-state index >= 15 is 0 Å². The summed E-state index contributed by atoms with van der Waals surface area (Å²) >= 11 is 6.61. The molecule has 1 aromatic rings. The highest BCUT2D eigenvalue weighted by Gasteiger charge is 2.22. The van der Waals surface area contributed by atoms with Crippen molar-refractivity contribution in [2.45, 2.75) is 18.2 Å². The average molecular weight is 326 g/mol. The minimum Gasteiger partial charge on any atom is -0.465 e. The predicted molar refractivity (Wildman–Crippen MR) is 59.7 cm³/mol. The number of alkyl halides is 1. The molecular weight excluding hydrogens is 316 g/mol. The second-order valence-electron chi connectivity index (χ2n) is 2.70. The van der Waals surface area contributed by atoms with Gasteiger partial charge >= 0.3 is 5.97 Å². The molecule has 1 heterocycles. The smallest absolute Gasteiger partial charge is 0.341 e. The van der Waals surface area contributed by atoms with Gasteiger partial charge in [0.2, 0.25) is 0 Å². The Bertz CT molecular complexity index is 333. The van der Waals surface area contributed by atoms with E-state index in [0.29, 0.717) is 16.0 Å². The van der Waals surface area contributed by atoms with Crippen molar-refractivity contribution in [1.29, 1.82) is 0 Å². The molecule has 0 aromatic carbocycles. The van der Waals surface area contributed by atoms with Gasteiger partial charge in [-0.25, -0.2) is 4.79 Å². The van der Waals surface area contributed by atoms with E-state index in [9.17, 15) is 4.79 Å². The van der Waals surface area contributed by atoms with Crippen LogP contribution in [0, 0.1) is 0 Å². The van der Waals surface area contributed by atoms with Gasteiger partial charge in [0.05, 0.1) is 11.9 Å². The summed E-state index contributed by atoms with van der Waals surface area (Å²) in [5.41, 5.74) is 0.461. The maximum Gasteiger partial charge on any atom is 0.341 e. The lowest BCUT2D eigenvalue weighted by Crippen LogP contribution is -2.03. The lowest BCUT2D eigenvalue weighted by Gasteiger charge is -2.04. The Morgan fingerprint density at radius 3 is 2.86 bits per heavy atom. The van der Waals surface area contributed by atoms with Gasteiger partial charge in [-0.05, 0) is 22.4 Å². The Hall–Kier alpha value is -0.290. The number of hydrogen-bond acceptors (Lipinski definition) is 3. The van der Waals surface area contributed by atoms with Crippen LogP contribution >= 0.6 is 31.9 Å². The predicted octanol–water partition coefficient (Wildman–Crippen LogP) is 3.67. The Morgan fingerprint density at radius 2 is 2.36 bits per heavy atom. The molecule has 3 nitrogen and oxygen atoms in total. The fourth-order valence-corrected chi connectivity index (χ4v) is 1.81. The van der Waals surface area contributed by atoms with Crippen LogP contribution in [0.3, 0.4) is 0 Å². The number of halogens is 2. The molecule has 1 aromatic heterocycles. The first-order valence-corrected chi connectivity index (χ1v) is 5.82. The van der Waals surface area contributed by atoms with E-state index in [4.69, 9.17) is 4.42 Å². The summed E-state index contributed by atoms with van der Waals surface area (Å²) in [6.45, 7) is 2.00. The van der Waals surface area contributed by atoms with Crippen LogP contribution in [0.5, 0.6) is 0 Å². The molecule has 5 heteroatoms. The van der Waals surface area contributed by atoms with Crippen LogP contribution < -0.4 is 0 Å². The molecule has 0 N–H and O–H groups in total. The number of hydrogen-bond donors (Lipinski definition) is 0. The van der Waals surface area contributed by atoms with Crippen LogP contribution in [-0.2, 0) is 4.74 Å². The Labute approximate surface area is 99.1 Å². The van der Waals surface area contributed by atoms with Crippen LogP contribution in [0.15, 0.2) is 15.2 Å². The average Bonchev–Trinajstić information content (AvgIpc) is 2.58. The van der Waals surface area contributed by atoms with Gasteiger partial charge in [0.15, 0.2) is 4.67 Å². The minimum absolute atomic E-state index is 0.0305. The van der Waals surface area contributed by atoms with E-state index in [1.54, 1.807) is 6.07 Å². The summed E-state index contributed by atoms with van der Waals surface area (Å²) in [6.07, 6.45) is 0.837. The SMILES string of the molecule is CCC(Br)c1oc(Br)cc1C(=O)OC. The summed E-state index contributed by atoms with van der Waals surface area (Å²) < 4.78 is 10.5. The molecule has 0 radical (unpaired) electrons. The van der Waals surface area contributed by atoms with E-state index in [0.717, 1.165) is 6.42 Å². The fraction of sp³-hybridized carbons (Fsp3) is 0.444. The Balaban J connectivity index is 3.08. The van der Waals surface area contributed by atoms with Crippen LogP contribution in [-0.4, -0.2) is 13.1 Å². The lowest BCUT2D eigenvalue weighted by atomic mass is 10.2. The maximum atomic E-state index is 11.3. The summed E-state index contributed by atoms with van der Waals surface area (Å²) in [7, 11) is 1.35. The van der Waals surface area contributed by atoms with Gasteiger partial charge in [0.1, 0.15) is 11.3 Å².